The quantitative estimate of drug-likeness (QED) is 0.735. The second kappa shape index (κ2) is 9.97. The van der Waals surface area contributed by atoms with Crippen LogP contribution in [-0.4, -0.2) is 41.7 Å². The van der Waals surface area contributed by atoms with Gasteiger partial charge in [0, 0.05) is 13.1 Å². The second-order valence-electron chi connectivity index (χ2n) is 6.07. The number of halogens is 2. The molecule has 1 aromatic heterocycles. The average molecular weight is 389 g/mol. The van der Waals surface area contributed by atoms with E-state index in [1.807, 2.05) is 24.3 Å². The number of hydrogen-bond donors (Lipinski definition) is 3. The topological polar surface area (TPSA) is 79.0 Å². The Morgan fingerprint density at radius 1 is 1.40 bits per heavy atom. The van der Waals surface area contributed by atoms with Crippen LogP contribution in [0, 0.1) is 5.92 Å². The predicted octanol–water partition coefficient (Wildman–Crippen LogP) is 2.60. The zero-order valence-corrected chi connectivity index (χ0v) is 16.1. The first-order chi connectivity index (χ1) is 11.2. The molecule has 0 saturated carbocycles. The number of para-hydroxylation sites is 2. The largest absolute Gasteiger partial charge is 0.366 e. The maximum absolute atomic E-state index is 12.5. The van der Waals surface area contributed by atoms with E-state index in [1.54, 1.807) is 0 Å². The summed E-state index contributed by atoms with van der Waals surface area (Å²) in [5, 5.41) is 6.30. The molecule has 1 saturated heterocycles. The van der Waals surface area contributed by atoms with Crippen molar-refractivity contribution in [3.8, 4) is 0 Å². The molecule has 1 aliphatic heterocycles. The maximum atomic E-state index is 12.5. The summed E-state index contributed by atoms with van der Waals surface area (Å²) in [6, 6.07) is 7.76. The van der Waals surface area contributed by atoms with Crippen molar-refractivity contribution in [2.45, 2.75) is 32.4 Å². The lowest BCUT2D eigenvalue weighted by Crippen LogP contribution is -2.49. The molecule has 1 aliphatic rings. The van der Waals surface area contributed by atoms with Crippen LogP contribution in [-0.2, 0) is 9.53 Å². The van der Waals surface area contributed by atoms with Crippen LogP contribution >= 0.6 is 24.8 Å². The number of fused-ring (bicyclic) bond motifs is 1. The standard InChI is InChI=1S/C17H24N4O2.2ClH/c1-3-11(2)15(21-17(22)14-10-18-8-9-23-14)16-19-12-6-4-5-7-13(12)20-16;;/h4-7,11,14-15,18H,3,8-10H2,1-2H3,(H,19,20)(H,21,22);2*1H. The number of rotatable bonds is 5. The molecule has 1 amide bonds. The van der Waals surface area contributed by atoms with E-state index in [0.29, 0.717) is 13.2 Å². The first kappa shape index (κ1) is 21.7. The van der Waals surface area contributed by atoms with E-state index in [4.69, 9.17) is 4.74 Å². The Kier molecular flexibility index (Phi) is 8.65. The van der Waals surface area contributed by atoms with Gasteiger partial charge in [-0.2, -0.15) is 0 Å². The molecule has 0 radical (unpaired) electrons. The molecule has 1 fully saturated rings. The number of nitrogens with zero attached hydrogens (tertiary/aromatic N) is 1. The number of H-pyrrole nitrogens is 1. The number of amides is 1. The number of morpholine rings is 1. The number of carbonyl (C=O) groups excluding carboxylic acids is 1. The summed E-state index contributed by atoms with van der Waals surface area (Å²) >= 11 is 0. The third-order valence-corrected chi connectivity index (χ3v) is 4.43. The van der Waals surface area contributed by atoms with Crippen molar-refractivity contribution < 1.29 is 9.53 Å². The highest BCUT2D eigenvalue weighted by molar-refractivity contribution is 5.85. The SMILES string of the molecule is CCC(C)C(NC(=O)C1CNCCO1)c1nc2ccccc2[nH]1.Cl.Cl. The van der Waals surface area contributed by atoms with Crippen LogP contribution in [0.5, 0.6) is 0 Å². The van der Waals surface area contributed by atoms with Crippen LogP contribution in [0.1, 0.15) is 32.1 Å². The van der Waals surface area contributed by atoms with Gasteiger partial charge in [0.2, 0.25) is 0 Å². The Hall–Kier alpha value is -1.34. The van der Waals surface area contributed by atoms with Crippen molar-refractivity contribution in [1.29, 1.82) is 0 Å². The van der Waals surface area contributed by atoms with Gasteiger partial charge in [-0.15, -0.1) is 24.8 Å². The van der Waals surface area contributed by atoms with E-state index in [0.717, 1.165) is 29.8 Å². The molecule has 140 valence electrons. The summed E-state index contributed by atoms with van der Waals surface area (Å²) in [6.07, 6.45) is 0.519. The molecule has 3 N–H and O–H groups in total. The van der Waals surface area contributed by atoms with Gasteiger partial charge in [-0.3, -0.25) is 4.79 Å². The van der Waals surface area contributed by atoms with Crippen molar-refractivity contribution in [3.05, 3.63) is 30.1 Å². The molecule has 8 heteroatoms. The van der Waals surface area contributed by atoms with Crippen LogP contribution in [0.15, 0.2) is 24.3 Å². The van der Waals surface area contributed by atoms with Crippen molar-refractivity contribution in [2.24, 2.45) is 5.92 Å². The number of nitrogens with one attached hydrogen (secondary N) is 3. The fourth-order valence-corrected chi connectivity index (χ4v) is 2.82. The zero-order chi connectivity index (χ0) is 16.2. The van der Waals surface area contributed by atoms with E-state index in [2.05, 4.69) is 34.4 Å². The predicted molar refractivity (Wildman–Crippen MR) is 104 cm³/mol. The molecule has 6 nitrogen and oxygen atoms in total. The van der Waals surface area contributed by atoms with Crippen LogP contribution in [0.3, 0.4) is 0 Å². The average Bonchev–Trinajstić information content (AvgIpc) is 3.03. The highest BCUT2D eigenvalue weighted by Gasteiger charge is 2.28. The molecule has 1 aromatic carbocycles. The molecule has 3 atom stereocenters. The second-order valence-corrected chi connectivity index (χ2v) is 6.07. The fourth-order valence-electron chi connectivity index (χ4n) is 2.82. The molecule has 3 unspecified atom stereocenters. The normalized spacial score (nSPS) is 19.4. The minimum Gasteiger partial charge on any atom is -0.366 e. The third kappa shape index (κ3) is 5.07. The maximum Gasteiger partial charge on any atom is 0.251 e. The molecule has 0 spiro atoms. The van der Waals surface area contributed by atoms with E-state index in [9.17, 15) is 4.79 Å². The van der Waals surface area contributed by atoms with Crippen molar-refractivity contribution in [2.75, 3.05) is 19.7 Å². The summed E-state index contributed by atoms with van der Waals surface area (Å²) in [7, 11) is 0. The monoisotopic (exact) mass is 388 g/mol. The number of hydrogen-bond acceptors (Lipinski definition) is 4. The van der Waals surface area contributed by atoms with Crippen LogP contribution < -0.4 is 10.6 Å². The van der Waals surface area contributed by atoms with Crippen molar-refractivity contribution >= 4 is 41.8 Å². The van der Waals surface area contributed by atoms with E-state index < -0.39 is 6.10 Å². The Labute approximate surface area is 160 Å². The highest BCUT2D eigenvalue weighted by atomic mass is 35.5. The number of carbonyl (C=O) groups is 1. The van der Waals surface area contributed by atoms with Crippen LogP contribution in [0.4, 0.5) is 0 Å². The lowest BCUT2D eigenvalue weighted by molar-refractivity contribution is -0.135. The number of aromatic amines is 1. The van der Waals surface area contributed by atoms with Gasteiger partial charge in [-0.05, 0) is 18.1 Å². The molecular formula is C17H26Cl2N4O2. The Balaban J connectivity index is 0.00000156. The summed E-state index contributed by atoms with van der Waals surface area (Å²) in [6.45, 7) is 6.15. The van der Waals surface area contributed by atoms with Crippen molar-refractivity contribution in [1.82, 2.24) is 20.6 Å². The minimum atomic E-state index is -0.431. The van der Waals surface area contributed by atoms with Gasteiger partial charge in [0.05, 0.1) is 23.7 Å². The number of ether oxygens (including phenoxy) is 1. The molecule has 25 heavy (non-hydrogen) atoms. The van der Waals surface area contributed by atoms with Crippen LogP contribution in [0.2, 0.25) is 0 Å². The Morgan fingerprint density at radius 3 is 2.80 bits per heavy atom. The van der Waals surface area contributed by atoms with Gasteiger partial charge in [0.25, 0.3) is 5.91 Å². The summed E-state index contributed by atoms with van der Waals surface area (Å²) in [4.78, 5) is 20.5. The fraction of sp³-hybridized carbons (Fsp3) is 0.529. The van der Waals surface area contributed by atoms with Crippen LogP contribution in [0.25, 0.3) is 11.0 Å². The molecule has 0 bridgehead atoms. The van der Waals surface area contributed by atoms with E-state index >= 15 is 0 Å². The van der Waals surface area contributed by atoms with Crippen molar-refractivity contribution in [3.63, 3.8) is 0 Å². The van der Waals surface area contributed by atoms with E-state index in [-0.39, 0.29) is 42.7 Å². The molecule has 2 aromatic rings. The first-order valence-electron chi connectivity index (χ1n) is 8.26. The summed E-state index contributed by atoms with van der Waals surface area (Å²) < 4.78 is 5.54. The van der Waals surface area contributed by atoms with Gasteiger partial charge < -0.3 is 20.4 Å². The Morgan fingerprint density at radius 2 is 2.16 bits per heavy atom. The van der Waals surface area contributed by atoms with Gasteiger partial charge in [0.15, 0.2) is 0 Å². The molecular weight excluding hydrogens is 363 g/mol. The first-order valence-corrected chi connectivity index (χ1v) is 8.26. The Bertz CT molecular complexity index is 640. The smallest absolute Gasteiger partial charge is 0.251 e. The van der Waals surface area contributed by atoms with Gasteiger partial charge in [0.1, 0.15) is 11.9 Å². The zero-order valence-electron chi connectivity index (χ0n) is 14.5. The lowest BCUT2D eigenvalue weighted by atomic mass is 9.98. The van der Waals surface area contributed by atoms with Gasteiger partial charge in [-0.25, -0.2) is 4.98 Å². The highest BCUT2D eigenvalue weighted by Crippen LogP contribution is 2.24. The van der Waals surface area contributed by atoms with Gasteiger partial charge >= 0.3 is 0 Å². The molecule has 2 heterocycles. The number of aromatic nitrogens is 2. The number of benzene rings is 1. The molecule has 0 aliphatic carbocycles. The minimum absolute atomic E-state index is 0. The summed E-state index contributed by atoms with van der Waals surface area (Å²) in [5.74, 6) is 0.997. The van der Waals surface area contributed by atoms with Gasteiger partial charge in [-0.1, -0.05) is 32.4 Å². The summed E-state index contributed by atoms with van der Waals surface area (Å²) in [5.41, 5.74) is 1.90. The third-order valence-electron chi connectivity index (χ3n) is 4.43. The number of imidazole rings is 1. The lowest BCUT2D eigenvalue weighted by Gasteiger charge is -2.27. The van der Waals surface area contributed by atoms with E-state index in [1.165, 1.54) is 0 Å². The molecule has 3 rings (SSSR count).